The van der Waals surface area contributed by atoms with Crippen LogP contribution < -0.4 is 14.8 Å². The monoisotopic (exact) mass is 423 g/mol. The Hall–Kier alpha value is -2.72. The molecule has 28 heavy (non-hydrogen) atoms. The van der Waals surface area contributed by atoms with Gasteiger partial charge in [-0.1, -0.05) is 25.1 Å². The molecule has 0 bridgehead atoms. The Bertz CT molecular complexity index is 952. The number of hydrogen-bond acceptors (Lipinski definition) is 7. The van der Waals surface area contributed by atoms with E-state index in [1.807, 2.05) is 6.92 Å². The first-order valence-electron chi connectivity index (χ1n) is 8.43. The molecule has 0 saturated carbocycles. The van der Waals surface area contributed by atoms with Crippen LogP contribution in [0.5, 0.6) is 5.88 Å². The number of sulfonamides is 1. The minimum Gasteiger partial charge on any atom is -0.406 e. The number of anilines is 2. The Morgan fingerprint density at radius 2 is 2.00 bits per heavy atom. The zero-order chi connectivity index (χ0) is 20.7. The third-order valence-corrected chi connectivity index (χ3v) is 5.97. The maximum absolute atomic E-state index is 12.7. The van der Waals surface area contributed by atoms with Crippen molar-refractivity contribution in [3.05, 3.63) is 47.9 Å². The van der Waals surface area contributed by atoms with Gasteiger partial charge in [0, 0.05) is 19.0 Å². The number of carbonyl (C=O) groups excluding carboxylic acids is 2. The lowest BCUT2D eigenvalue weighted by Crippen LogP contribution is -2.20. The Morgan fingerprint density at radius 3 is 2.57 bits per heavy atom. The number of esters is 1. The highest BCUT2D eigenvalue weighted by molar-refractivity contribution is 7.93. The number of aromatic nitrogens is 1. The summed E-state index contributed by atoms with van der Waals surface area (Å²) in [4.78, 5) is 26.6. The molecule has 2 N–H and O–H groups in total. The van der Waals surface area contributed by atoms with Gasteiger partial charge < -0.3 is 10.1 Å². The molecule has 1 aromatic heterocycles. The quantitative estimate of drug-likeness (QED) is 0.471. The first kappa shape index (κ1) is 21.6. The van der Waals surface area contributed by atoms with E-state index in [-0.39, 0.29) is 23.3 Å². The number of amides is 1. The van der Waals surface area contributed by atoms with Gasteiger partial charge in [-0.25, -0.2) is 8.42 Å². The smallest absolute Gasteiger partial charge is 0.312 e. The van der Waals surface area contributed by atoms with E-state index in [0.717, 1.165) is 11.3 Å². The maximum atomic E-state index is 12.7. The molecule has 1 aromatic carbocycles. The van der Waals surface area contributed by atoms with Crippen molar-refractivity contribution >= 4 is 44.1 Å². The molecule has 150 valence electrons. The van der Waals surface area contributed by atoms with Crippen LogP contribution in [-0.2, 0) is 19.6 Å². The molecule has 10 heteroatoms. The second-order valence-electron chi connectivity index (χ2n) is 5.82. The van der Waals surface area contributed by atoms with Crippen LogP contribution in [0.3, 0.4) is 0 Å². The minimum absolute atomic E-state index is 0.0518. The van der Waals surface area contributed by atoms with E-state index in [9.17, 15) is 18.0 Å². The van der Waals surface area contributed by atoms with Gasteiger partial charge in [-0.3, -0.25) is 14.3 Å². The van der Waals surface area contributed by atoms with Crippen molar-refractivity contribution in [1.82, 2.24) is 4.98 Å². The fourth-order valence-electron chi connectivity index (χ4n) is 2.31. The molecule has 0 aliphatic rings. The van der Waals surface area contributed by atoms with E-state index in [2.05, 4.69) is 21.6 Å². The molecule has 1 unspecified atom stereocenters. The Labute approximate surface area is 167 Å². The van der Waals surface area contributed by atoms with Gasteiger partial charge in [-0.05, 0) is 24.1 Å². The molecule has 1 atom stereocenters. The van der Waals surface area contributed by atoms with E-state index < -0.39 is 21.2 Å². The van der Waals surface area contributed by atoms with Crippen molar-refractivity contribution in [2.75, 3.05) is 10.0 Å². The van der Waals surface area contributed by atoms with Crippen molar-refractivity contribution in [3.8, 4) is 5.88 Å². The number of rotatable bonds is 9. The second kappa shape index (κ2) is 9.47. The fourth-order valence-corrected chi connectivity index (χ4v) is 4.49. The molecule has 0 saturated heterocycles. The van der Waals surface area contributed by atoms with Crippen LogP contribution in [0.1, 0.15) is 37.5 Å². The molecule has 0 radical (unpaired) electrons. The Morgan fingerprint density at radius 1 is 1.32 bits per heavy atom. The number of hydrogen-bond donors (Lipinski definition) is 2. The number of benzene rings is 1. The van der Waals surface area contributed by atoms with Crippen molar-refractivity contribution in [3.63, 3.8) is 0 Å². The highest BCUT2D eigenvalue weighted by Crippen LogP contribution is 2.29. The number of nitrogens with one attached hydrogen (secondary N) is 2. The van der Waals surface area contributed by atoms with Gasteiger partial charge in [0.15, 0.2) is 5.13 Å². The summed E-state index contributed by atoms with van der Waals surface area (Å²) in [7, 11) is -3.89. The van der Waals surface area contributed by atoms with Gasteiger partial charge in [0.25, 0.3) is 0 Å². The topological polar surface area (TPSA) is 114 Å². The van der Waals surface area contributed by atoms with Crippen LogP contribution in [0, 0.1) is 0 Å². The average Bonchev–Trinajstić information content (AvgIpc) is 3.02. The molecule has 2 rings (SSSR count). The van der Waals surface area contributed by atoms with E-state index >= 15 is 0 Å². The molecular weight excluding hydrogens is 402 g/mol. The number of carbonyl (C=O) groups is 2. The molecule has 0 aliphatic heterocycles. The van der Waals surface area contributed by atoms with Gasteiger partial charge in [0.1, 0.15) is 5.25 Å². The van der Waals surface area contributed by atoms with Crippen LogP contribution in [-0.4, -0.2) is 25.3 Å². The van der Waals surface area contributed by atoms with Gasteiger partial charge in [0.2, 0.25) is 21.8 Å². The third kappa shape index (κ3) is 5.89. The normalized spacial score (nSPS) is 12.1. The first-order valence-corrected chi connectivity index (χ1v) is 10.9. The summed E-state index contributed by atoms with van der Waals surface area (Å²) in [6.07, 6.45) is 2.20. The standard InChI is InChI=1S/C18H21N3O5S2/c1-4-6-17(23)26-16-11-27-18(20-16)21-28(24,25)15(5-2)13-7-9-14(10-8-13)19-12(3)22/h5,7-11,15H,2,4,6H2,1,3H3,(H,19,22)(H,20,21). The van der Waals surface area contributed by atoms with Crippen molar-refractivity contribution in [1.29, 1.82) is 0 Å². The second-order valence-corrected chi connectivity index (χ2v) is 8.48. The zero-order valence-corrected chi connectivity index (χ0v) is 17.1. The number of nitrogens with zero attached hydrogens (tertiary/aromatic N) is 1. The zero-order valence-electron chi connectivity index (χ0n) is 15.5. The summed E-state index contributed by atoms with van der Waals surface area (Å²) in [5.74, 6) is -0.595. The molecule has 0 fully saturated rings. The van der Waals surface area contributed by atoms with E-state index in [1.54, 1.807) is 24.3 Å². The Balaban J connectivity index is 2.13. The molecule has 0 aliphatic carbocycles. The van der Waals surface area contributed by atoms with Gasteiger partial charge in [-0.2, -0.15) is 4.98 Å². The fraction of sp³-hybridized carbons (Fsp3) is 0.278. The lowest BCUT2D eigenvalue weighted by Gasteiger charge is -2.15. The van der Waals surface area contributed by atoms with Crippen molar-refractivity contribution in [2.24, 2.45) is 0 Å². The highest BCUT2D eigenvalue weighted by Gasteiger charge is 2.25. The maximum Gasteiger partial charge on any atom is 0.312 e. The predicted octanol–water partition coefficient (Wildman–Crippen LogP) is 3.48. The largest absolute Gasteiger partial charge is 0.406 e. The number of thiazole rings is 1. The summed E-state index contributed by atoms with van der Waals surface area (Å²) >= 11 is 1.01. The van der Waals surface area contributed by atoms with Gasteiger partial charge >= 0.3 is 5.97 Å². The summed E-state index contributed by atoms with van der Waals surface area (Å²) in [6, 6.07) is 6.40. The Kier molecular flexibility index (Phi) is 7.30. The molecule has 1 amide bonds. The summed E-state index contributed by atoms with van der Waals surface area (Å²) in [6.45, 7) is 6.84. The van der Waals surface area contributed by atoms with Gasteiger partial charge in [0.05, 0.1) is 5.38 Å². The SMILES string of the molecule is C=CC(c1ccc(NC(C)=O)cc1)S(=O)(=O)Nc1nc(OC(=O)CCC)cs1. The predicted molar refractivity (Wildman–Crippen MR) is 109 cm³/mol. The van der Waals surface area contributed by atoms with Crippen LogP contribution in [0.2, 0.25) is 0 Å². The van der Waals surface area contributed by atoms with Crippen molar-refractivity contribution < 1.29 is 22.7 Å². The van der Waals surface area contributed by atoms with E-state index in [1.165, 1.54) is 18.4 Å². The lowest BCUT2D eigenvalue weighted by molar-refractivity contribution is -0.134. The molecule has 1 heterocycles. The van der Waals surface area contributed by atoms with Crippen LogP contribution in [0.25, 0.3) is 0 Å². The molecular formula is C18H21N3O5S2. The summed E-state index contributed by atoms with van der Waals surface area (Å²) in [5.41, 5.74) is 1.03. The highest BCUT2D eigenvalue weighted by atomic mass is 32.2. The molecule has 8 nitrogen and oxygen atoms in total. The average molecular weight is 424 g/mol. The van der Waals surface area contributed by atoms with Gasteiger partial charge in [-0.15, -0.1) is 17.9 Å². The van der Waals surface area contributed by atoms with Crippen LogP contribution >= 0.6 is 11.3 Å². The minimum atomic E-state index is -3.89. The molecule has 2 aromatic rings. The molecule has 0 spiro atoms. The van der Waals surface area contributed by atoms with Crippen molar-refractivity contribution in [2.45, 2.75) is 31.9 Å². The first-order chi connectivity index (χ1) is 13.2. The van der Waals surface area contributed by atoms with E-state index in [0.29, 0.717) is 17.7 Å². The third-order valence-electron chi connectivity index (χ3n) is 3.49. The number of ether oxygens (including phenoxy) is 1. The lowest BCUT2D eigenvalue weighted by atomic mass is 10.1. The van der Waals surface area contributed by atoms with Crippen LogP contribution in [0.4, 0.5) is 10.8 Å². The van der Waals surface area contributed by atoms with Crippen LogP contribution in [0.15, 0.2) is 42.3 Å². The van der Waals surface area contributed by atoms with E-state index in [4.69, 9.17) is 4.74 Å². The summed E-state index contributed by atoms with van der Waals surface area (Å²) in [5, 5.41) is 3.12. The summed E-state index contributed by atoms with van der Waals surface area (Å²) < 4.78 is 32.9.